The van der Waals surface area contributed by atoms with Gasteiger partial charge in [-0.05, 0) is 42.3 Å². The molecule has 1 amide bonds. The van der Waals surface area contributed by atoms with Gasteiger partial charge in [-0.15, -0.1) is 0 Å². The molecule has 0 atom stereocenters. The van der Waals surface area contributed by atoms with Crippen molar-refractivity contribution in [2.75, 3.05) is 5.32 Å². The second-order valence-corrected chi connectivity index (χ2v) is 5.91. The predicted octanol–water partition coefficient (Wildman–Crippen LogP) is 4.30. The molecule has 0 spiro atoms. The van der Waals surface area contributed by atoms with Crippen molar-refractivity contribution in [1.29, 1.82) is 0 Å². The smallest absolute Gasteiger partial charge is 0.257 e. The lowest BCUT2D eigenvalue weighted by atomic mass is 10.0. The number of hydrogen-bond donors (Lipinski definition) is 1. The number of nitrogens with zero attached hydrogens (tertiary/aromatic N) is 1. The van der Waals surface area contributed by atoms with Crippen LogP contribution in [0.25, 0.3) is 11.6 Å². The number of aromatic nitrogens is 1. The van der Waals surface area contributed by atoms with E-state index in [1.807, 2.05) is 31.2 Å². The van der Waals surface area contributed by atoms with Gasteiger partial charge in [0.2, 0.25) is 0 Å². The van der Waals surface area contributed by atoms with Crippen LogP contribution in [0.1, 0.15) is 16.7 Å². The van der Waals surface area contributed by atoms with Gasteiger partial charge in [0.25, 0.3) is 5.91 Å². The first-order valence-electron chi connectivity index (χ1n) is 6.00. The quantitative estimate of drug-likeness (QED) is 0.780. The van der Waals surface area contributed by atoms with Gasteiger partial charge in [-0.1, -0.05) is 33.6 Å². The van der Waals surface area contributed by atoms with Crippen molar-refractivity contribution in [2.24, 2.45) is 0 Å². The average molecular weight is 350 g/mol. The Bertz CT molecular complexity index is 735. The molecule has 0 bridgehead atoms. The molecule has 1 aromatic heterocycles. The van der Waals surface area contributed by atoms with Crippen LogP contribution in [0.15, 0.2) is 34.9 Å². The lowest BCUT2D eigenvalue weighted by molar-refractivity contribution is -0.110. The van der Waals surface area contributed by atoms with Gasteiger partial charge in [-0.2, -0.15) is 0 Å². The minimum atomic E-state index is -0.182. The maximum Gasteiger partial charge on any atom is 0.257 e. The number of halogens is 2. The highest BCUT2D eigenvalue weighted by atomic mass is 79.9. The molecule has 0 unspecified atom stereocenters. The van der Waals surface area contributed by atoms with Gasteiger partial charge in [0.05, 0.1) is 10.6 Å². The molecule has 3 nitrogen and oxygen atoms in total. The first kappa shape index (κ1) is 13.3. The average Bonchev–Trinajstić information content (AvgIpc) is 2.66. The summed E-state index contributed by atoms with van der Waals surface area (Å²) in [4.78, 5) is 16.2. The Morgan fingerprint density at radius 2 is 2.15 bits per heavy atom. The van der Waals surface area contributed by atoms with E-state index in [0.717, 1.165) is 15.6 Å². The fourth-order valence-electron chi connectivity index (χ4n) is 2.23. The minimum Gasteiger partial charge on any atom is -0.306 e. The standard InChI is InChI=1S/C15H10BrClN2O/c1-8-4-9(6-10(16)5-8)7-11-13-12(17)2-3-18-14(13)19-15(11)20/h2-7H,1H3,(H,18,19,20). The van der Waals surface area contributed by atoms with Crippen molar-refractivity contribution >= 4 is 50.9 Å². The molecular weight excluding hydrogens is 340 g/mol. The lowest BCUT2D eigenvalue weighted by Crippen LogP contribution is -2.04. The third-order valence-corrected chi connectivity index (χ3v) is 3.79. The van der Waals surface area contributed by atoms with Crippen LogP contribution in [0.2, 0.25) is 5.02 Å². The van der Waals surface area contributed by atoms with Crippen LogP contribution in [0.5, 0.6) is 0 Å². The number of rotatable bonds is 1. The number of amides is 1. The summed E-state index contributed by atoms with van der Waals surface area (Å²) in [7, 11) is 0. The third kappa shape index (κ3) is 2.37. The van der Waals surface area contributed by atoms with Gasteiger partial charge >= 0.3 is 0 Å². The van der Waals surface area contributed by atoms with Crippen molar-refractivity contribution < 1.29 is 4.79 Å². The normalized spacial score (nSPS) is 15.3. The minimum absolute atomic E-state index is 0.182. The Kier molecular flexibility index (Phi) is 3.36. The second kappa shape index (κ2) is 5.04. The zero-order valence-electron chi connectivity index (χ0n) is 10.6. The Morgan fingerprint density at radius 1 is 1.35 bits per heavy atom. The van der Waals surface area contributed by atoms with Crippen LogP contribution < -0.4 is 5.32 Å². The monoisotopic (exact) mass is 348 g/mol. The first-order valence-corrected chi connectivity index (χ1v) is 7.17. The number of hydrogen-bond acceptors (Lipinski definition) is 2. The lowest BCUT2D eigenvalue weighted by Gasteiger charge is -2.02. The second-order valence-electron chi connectivity index (χ2n) is 4.59. The van der Waals surface area contributed by atoms with Gasteiger partial charge in [-0.25, -0.2) is 4.98 Å². The Labute approximate surface area is 129 Å². The number of fused-ring (bicyclic) bond motifs is 1. The van der Waals surface area contributed by atoms with Crippen molar-refractivity contribution in [3.8, 4) is 0 Å². The molecule has 5 heteroatoms. The molecule has 3 rings (SSSR count). The van der Waals surface area contributed by atoms with Gasteiger partial charge in [0.1, 0.15) is 5.82 Å². The van der Waals surface area contributed by atoms with Gasteiger partial charge < -0.3 is 5.32 Å². The summed E-state index contributed by atoms with van der Waals surface area (Å²) in [6.45, 7) is 2.00. The summed E-state index contributed by atoms with van der Waals surface area (Å²) in [5, 5.41) is 3.24. The topological polar surface area (TPSA) is 42.0 Å². The third-order valence-electron chi connectivity index (χ3n) is 3.02. The number of anilines is 1. The highest BCUT2D eigenvalue weighted by molar-refractivity contribution is 9.10. The van der Waals surface area contributed by atoms with Gasteiger partial charge in [0, 0.05) is 16.2 Å². The zero-order chi connectivity index (χ0) is 14.3. The van der Waals surface area contributed by atoms with E-state index in [0.29, 0.717) is 22.0 Å². The van der Waals surface area contributed by atoms with E-state index < -0.39 is 0 Å². The summed E-state index contributed by atoms with van der Waals surface area (Å²) < 4.78 is 0.972. The maximum atomic E-state index is 12.1. The Balaban J connectivity index is 2.15. The fourth-order valence-corrected chi connectivity index (χ4v) is 3.10. The molecule has 0 saturated carbocycles. The van der Waals surface area contributed by atoms with Crippen molar-refractivity contribution in [3.63, 3.8) is 0 Å². The largest absolute Gasteiger partial charge is 0.306 e. The number of carbonyl (C=O) groups is 1. The van der Waals surface area contributed by atoms with E-state index in [1.54, 1.807) is 12.3 Å². The van der Waals surface area contributed by atoms with Crippen LogP contribution in [-0.4, -0.2) is 10.9 Å². The van der Waals surface area contributed by atoms with Crippen molar-refractivity contribution in [2.45, 2.75) is 6.92 Å². The number of benzene rings is 1. The molecule has 20 heavy (non-hydrogen) atoms. The molecule has 1 aliphatic heterocycles. The molecule has 2 aromatic rings. The first-order chi connectivity index (χ1) is 9.54. The molecule has 0 fully saturated rings. The van der Waals surface area contributed by atoms with E-state index in [9.17, 15) is 4.79 Å². The maximum absolute atomic E-state index is 12.1. The summed E-state index contributed by atoms with van der Waals surface area (Å²) >= 11 is 9.63. The number of nitrogens with one attached hydrogen (secondary N) is 1. The van der Waals surface area contributed by atoms with E-state index in [2.05, 4.69) is 26.2 Å². The van der Waals surface area contributed by atoms with Crippen LogP contribution in [-0.2, 0) is 4.79 Å². The highest BCUT2D eigenvalue weighted by Crippen LogP contribution is 2.36. The van der Waals surface area contributed by atoms with Crippen LogP contribution in [0, 0.1) is 6.92 Å². The summed E-state index contributed by atoms with van der Waals surface area (Å²) in [5.41, 5.74) is 3.25. The molecule has 1 N–H and O–H groups in total. The van der Waals surface area contributed by atoms with Gasteiger partial charge in [-0.3, -0.25) is 4.79 Å². The predicted molar refractivity (Wildman–Crippen MR) is 84.6 cm³/mol. The van der Waals surface area contributed by atoms with Crippen LogP contribution in [0.4, 0.5) is 5.82 Å². The van der Waals surface area contributed by atoms with E-state index in [1.165, 1.54) is 0 Å². The number of pyridine rings is 1. The summed E-state index contributed by atoms with van der Waals surface area (Å²) in [6, 6.07) is 7.66. The molecule has 100 valence electrons. The highest BCUT2D eigenvalue weighted by Gasteiger charge is 2.27. The SMILES string of the molecule is Cc1cc(Br)cc(C=C2C(=O)Nc3nccc(Cl)c32)c1. The van der Waals surface area contributed by atoms with Crippen molar-refractivity contribution in [1.82, 2.24) is 4.98 Å². The van der Waals surface area contributed by atoms with Crippen molar-refractivity contribution in [3.05, 3.63) is 56.6 Å². The molecule has 0 aliphatic carbocycles. The van der Waals surface area contributed by atoms with E-state index >= 15 is 0 Å². The zero-order valence-corrected chi connectivity index (χ0v) is 12.9. The molecule has 0 saturated heterocycles. The molecule has 2 heterocycles. The van der Waals surface area contributed by atoms with E-state index in [-0.39, 0.29) is 5.91 Å². The van der Waals surface area contributed by atoms with Crippen LogP contribution in [0.3, 0.4) is 0 Å². The fraction of sp³-hybridized carbons (Fsp3) is 0.0667. The summed E-state index contributed by atoms with van der Waals surface area (Å²) in [5.74, 6) is 0.332. The molecular formula is C15H10BrClN2O. The Hall–Kier alpha value is -1.65. The van der Waals surface area contributed by atoms with Crippen LogP contribution >= 0.6 is 27.5 Å². The Morgan fingerprint density at radius 3 is 2.90 bits per heavy atom. The number of carbonyl (C=O) groups excluding carboxylic acids is 1. The molecule has 1 aliphatic rings. The molecule has 0 radical (unpaired) electrons. The summed E-state index contributed by atoms with van der Waals surface area (Å²) in [6.07, 6.45) is 3.40. The molecule has 1 aromatic carbocycles. The number of aryl methyl sites for hydroxylation is 1. The van der Waals surface area contributed by atoms with Gasteiger partial charge in [0.15, 0.2) is 0 Å². The van der Waals surface area contributed by atoms with E-state index in [4.69, 9.17) is 11.6 Å².